The summed E-state index contributed by atoms with van der Waals surface area (Å²) in [6.07, 6.45) is 2.14. The highest BCUT2D eigenvalue weighted by molar-refractivity contribution is 5.76. The molecule has 3 heteroatoms. The second kappa shape index (κ2) is 6.65. The third-order valence-electron chi connectivity index (χ3n) is 1.90. The molecule has 0 heterocycles. The Labute approximate surface area is 90.2 Å². The van der Waals surface area contributed by atoms with Crippen LogP contribution in [0.2, 0.25) is 0 Å². The highest BCUT2D eigenvalue weighted by Crippen LogP contribution is 2.04. The van der Waals surface area contributed by atoms with Gasteiger partial charge >= 0.3 is 0 Å². The second-order valence-corrected chi connectivity index (χ2v) is 3.14. The molecule has 0 aliphatic rings. The standard InChI is InChI=1S/C12H16N2O/c1-2-9-14-12(15)8-10-13-11-6-4-3-5-7-11/h2-7,13H,1,8-10H2,(H,14,15). The molecule has 1 amide bonds. The minimum absolute atomic E-state index is 0.0401. The Balaban J connectivity index is 2.16. The summed E-state index contributed by atoms with van der Waals surface area (Å²) < 4.78 is 0. The lowest BCUT2D eigenvalue weighted by molar-refractivity contribution is -0.120. The van der Waals surface area contributed by atoms with E-state index in [1.54, 1.807) is 6.08 Å². The zero-order valence-corrected chi connectivity index (χ0v) is 8.70. The molecule has 1 aromatic rings. The number of hydrogen-bond acceptors (Lipinski definition) is 2. The normalized spacial score (nSPS) is 9.33. The smallest absolute Gasteiger partial charge is 0.222 e. The number of para-hydroxylation sites is 1. The van der Waals surface area contributed by atoms with E-state index in [1.165, 1.54) is 0 Å². The molecule has 0 unspecified atom stereocenters. The Hall–Kier alpha value is -1.77. The Morgan fingerprint density at radius 1 is 1.33 bits per heavy atom. The van der Waals surface area contributed by atoms with Gasteiger partial charge in [0, 0.05) is 25.2 Å². The van der Waals surface area contributed by atoms with Crippen molar-refractivity contribution in [3.8, 4) is 0 Å². The molecular formula is C12H16N2O. The lowest BCUT2D eigenvalue weighted by atomic mass is 10.3. The molecule has 80 valence electrons. The van der Waals surface area contributed by atoms with Crippen molar-refractivity contribution in [2.75, 3.05) is 18.4 Å². The fourth-order valence-electron chi connectivity index (χ4n) is 1.15. The van der Waals surface area contributed by atoms with E-state index in [2.05, 4.69) is 17.2 Å². The maximum absolute atomic E-state index is 11.2. The molecule has 15 heavy (non-hydrogen) atoms. The number of rotatable bonds is 6. The zero-order chi connectivity index (χ0) is 10.9. The van der Waals surface area contributed by atoms with Gasteiger partial charge in [-0.15, -0.1) is 6.58 Å². The highest BCUT2D eigenvalue weighted by atomic mass is 16.1. The first-order chi connectivity index (χ1) is 7.33. The zero-order valence-electron chi connectivity index (χ0n) is 8.70. The van der Waals surface area contributed by atoms with E-state index < -0.39 is 0 Å². The van der Waals surface area contributed by atoms with Crippen LogP contribution in [0, 0.1) is 0 Å². The summed E-state index contributed by atoms with van der Waals surface area (Å²) in [5.41, 5.74) is 1.04. The highest BCUT2D eigenvalue weighted by Gasteiger charge is 1.98. The van der Waals surface area contributed by atoms with Gasteiger partial charge in [-0.1, -0.05) is 24.3 Å². The van der Waals surface area contributed by atoms with Gasteiger partial charge in [-0.2, -0.15) is 0 Å². The number of nitrogens with one attached hydrogen (secondary N) is 2. The monoisotopic (exact) mass is 204 g/mol. The fourth-order valence-corrected chi connectivity index (χ4v) is 1.15. The third kappa shape index (κ3) is 4.86. The van der Waals surface area contributed by atoms with E-state index in [4.69, 9.17) is 0 Å². The molecule has 0 aromatic heterocycles. The lowest BCUT2D eigenvalue weighted by Gasteiger charge is -2.05. The van der Waals surface area contributed by atoms with Crippen LogP contribution in [0.1, 0.15) is 6.42 Å². The molecular weight excluding hydrogens is 188 g/mol. The predicted octanol–water partition coefficient (Wildman–Crippen LogP) is 1.79. The first-order valence-corrected chi connectivity index (χ1v) is 4.99. The minimum Gasteiger partial charge on any atom is -0.385 e. The molecule has 0 aliphatic heterocycles. The van der Waals surface area contributed by atoms with Gasteiger partial charge in [-0.25, -0.2) is 0 Å². The number of benzene rings is 1. The van der Waals surface area contributed by atoms with Gasteiger partial charge in [-0.3, -0.25) is 4.79 Å². The number of amides is 1. The number of anilines is 1. The van der Waals surface area contributed by atoms with Crippen molar-refractivity contribution in [1.29, 1.82) is 0 Å². The molecule has 0 saturated carbocycles. The van der Waals surface area contributed by atoms with E-state index in [1.807, 2.05) is 30.3 Å². The average molecular weight is 204 g/mol. The molecule has 1 aromatic carbocycles. The van der Waals surface area contributed by atoms with Crippen molar-refractivity contribution in [2.24, 2.45) is 0 Å². The van der Waals surface area contributed by atoms with Gasteiger partial charge in [0.05, 0.1) is 0 Å². The van der Waals surface area contributed by atoms with Gasteiger partial charge in [0.25, 0.3) is 0 Å². The molecule has 2 N–H and O–H groups in total. The quantitative estimate of drug-likeness (QED) is 0.694. The first-order valence-electron chi connectivity index (χ1n) is 4.99. The molecule has 0 aliphatic carbocycles. The lowest BCUT2D eigenvalue weighted by Crippen LogP contribution is -2.25. The summed E-state index contributed by atoms with van der Waals surface area (Å²) in [6.45, 7) is 4.71. The van der Waals surface area contributed by atoms with Crippen LogP contribution in [-0.4, -0.2) is 19.0 Å². The fraction of sp³-hybridized carbons (Fsp3) is 0.250. The molecule has 0 bridgehead atoms. The average Bonchev–Trinajstić information content (AvgIpc) is 2.28. The van der Waals surface area contributed by atoms with Crippen LogP contribution >= 0.6 is 0 Å². The van der Waals surface area contributed by atoms with Gasteiger partial charge in [-0.05, 0) is 12.1 Å². The van der Waals surface area contributed by atoms with Gasteiger partial charge in [0.2, 0.25) is 5.91 Å². The van der Waals surface area contributed by atoms with Crippen molar-refractivity contribution in [1.82, 2.24) is 5.32 Å². The number of hydrogen-bond donors (Lipinski definition) is 2. The summed E-state index contributed by atoms with van der Waals surface area (Å²) in [5.74, 6) is 0.0401. The maximum atomic E-state index is 11.2. The largest absolute Gasteiger partial charge is 0.385 e. The van der Waals surface area contributed by atoms with E-state index in [-0.39, 0.29) is 5.91 Å². The van der Waals surface area contributed by atoms with E-state index >= 15 is 0 Å². The first kappa shape index (κ1) is 11.3. The van der Waals surface area contributed by atoms with Gasteiger partial charge < -0.3 is 10.6 Å². The molecule has 0 spiro atoms. The van der Waals surface area contributed by atoms with Crippen LogP contribution in [-0.2, 0) is 4.79 Å². The SMILES string of the molecule is C=CCNC(=O)CCNc1ccccc1. The summed E-state index contributed by atoms with van der Waals surface area (Å²) in [6, 6.07) is 9.82. The van der Waals surface area contributed by atoms with Crippen molar-refractivity contribution in [2.45, 2.75) is 6.42 Å². The molecule has 0 atom stereocenters. The summed E-state index contributed by atoms with van der Waals surface area (Å²) in [5, 5.41) is 5.89. The summed E-state index contributed by atoms with van der Waals surface area (Å²) in [7, 11) is 0. The third-order valence-corrected chi connectivity index (χ3v) is 1.90. The molecule has 3 nitrogen and oxygen atoms in total. The molecule has 1 rings (SSSR count). The molecule has 0 radical (unpaired) electrons. The van der Waals surface area contributed by atoms with E-state index in [0.717, 1.165) is 5.69 Å². The summed E-state index contributed by atoms with van der Waals surface area (Å²) in [4.78, 5) is 11.2. The van der Waals surface area contributed by atoms with Gasteiger partial charge in [0.15, 0.2) is 0 Å². The van der Waals surface area contributed by atoms with Crippen LogP contribution in [0.15, 0.2) is 43.0 Å². The topological polar surface area (TPSA) is 41.1 Å². The van der Waals surface area contributed by atoms with E-state index in [0.29, 0.717) is 19.5 Å². The molecule has 0 fully saturated rings. The van der Waals surface area contributed by atoms with Crippen LogP contribution in [0.3, 0.4) is 0 Å². The summed E-state index contributed by atoms with van der Waals surface area (Å²) >= 11 is 0. The number of carbonyl (C=O) groups excluding carboxylic acids is 1. The molecule has 0 saturated heterocycles. The van der Waals surface area contributed by atoms with Crippen molar-refractivity contribution >= 4 is 11.6 Å². The van der Waals surface area contributed by atoms with Crippen molar-refractivity contribution < 1.29 is 4.79 Å². The van der Waals surface area contributed by atoms with E-state index in [9.17, 15) is 4.79 Å². The minimum atomic E-state index is 0.0401. The van der Waals surface area contributed by atoms with Gasteiger partial charge in [0.1, 0.15) is 0 Å². The maximum Gasteiger partial charge on any atom is 0.222 e. The number of carbonyl (C=O) groups is 1. The predicted molar refractivity (Wildman–Crippen MR) is 62.8 cm³/mol. The van der Waals surface area contributed by atoms with Crippen LogP contribution in [0.25, 0.3) is 0 Å². The van der Waals surface area contributed by atoms with Crippen LogP contribution in [0.4, 0.5) is 5.69 Å². The van der Waals surface area contributed by atoms with Crippen LogP contribution in [0.5, 0.6) is 0 Å². The Bertz CT molecular complexity index is 309. The van der Waals surface area contributed by atoms with Crippen molar-refractivity contribution in [3.63, 3.8) is 0 Å². The Morgan fingerprint density at radius 2 is 2.07 bits per heavy atom. The Morgan fingerprint density at radius 3 is 2.73 bits per heavy atom. The Kier molecular flexibility index (Phi) is 5.01. The second-order valence-electron chi connectivity index (χ2n) is 3.14. The van der Waals surface area contributed by atoms with Crippen LogP contribution < -0.4 is 10.6 Å². The van der Waals surface area contributed by atoms with Crippen molar-refractivity contribution in [3.05, 3.63) is 43.0 Å².